The number of benzene rings is 1. The summed E-state index contributed by atoms with van der Waals surface area (Å²) in [7, 11) is 0. The van der Waals surface area contributed by atoms with Crippen molar-refractivity contribution in [1.29, 1.82) is 0 Å². The van der Waals surface area contributed by atoms with E-state index in [9.17, 15) is 14.0 Å². The second kappa shape index (κ2) is 8.52. The summed E-state index contributed by atoms with van der Waals surface area (Å²) in [4.78, 5) is 23.6. The summed E-state index contributed by atoms with van der Waals surface area (Å²) in [6, 6.07) is 6.57. The van der Waals surface area contributed by atoms with Crippen LogP contribution in [0.2, 0.25) is 0 Å². The van der Waals surface area contributed by atoms with Crippen LogP contribution >= 0.6 is 0 Å². The molecule has 0 unspecified atom stereocenters. The Labute approximate surface area is 154 Å². The summed E-state index contributed by atoms with van der Waals surface area (Å²) in [5.41, 5.74) is 0.480. The van der Waals surface area contributed by atoms with Crippen molar-refractivity contribution in [2.45, 2.75) is 63.9 Å². The fraction of sp³-hybridized carbons (Fsp3) is 0.600. The molecule has 2 N–H and O–H groups in total. The third-order valence-corrected chi connectivity index (χ3v) is 4.64. The highest BCUT2D eigenvalue weighted by Crippen LogP contribution is 2.43. The molecule has 5 nitrogen and oxygen atoms in total. The van der Waals surface area contributed by atoms with E-state index < -0.39 is 11.7 Å². The van der Waals surface area contributed by atoms with E-state index >= 15 is 0 Å². The van der Waals surface area contributed by atoms with Crippen LogP contribution in [0.5, 0.6) is 0 Å². The van der Waals surface area contributed by atoms with Gasteiger partial charge in [-0.1, -0.05) is 18.6 Å². The molecule has 1 saturated carbocycles. The first kappa shape index (κ1) is 20.2. The average Bonchev–Trinajstić information content (AvgIpc) is 2.50. The molecule has 0 aliphatic heterocycles. The average molecular weight is 364 g/mol. The molecule has 2 amide bonds. The van der Waals surface area contributed by atoms with Crippen LogP contribution in [0.3, 0.4) is 0 Å². The third-order valence-electron chi connectivity index (χ3n) is 4.64. The van der Waals surface area contributed by atoms with Gasteiger partial charge in [-0.3, -0.25) is 4.79 Å². The summed E-state index contributed by atoms with van der Waals surface area (Å²) in [5, 5.41) is 5.63. The number of carbonyl (C=O) groups is 2. The molecule has 144 valence electrons. The summed E-state index contributed by atoms with van der Waals surface area (Å²) in [5.74, 6) is -0.283. The molecule has 0 heterocycles. The molecule has 2 rings (SSSR count). The Kier molecular flexibility index (Phi) is 6.62. The molecule has 1 aromatic rings. The first-order valence-corrected chi connectivity index (χ1v) is 9.20. The molecule has 0 atom stereocenters. The minimum absolute atomic E-state index is 0.0376. The molecule has 1 fully saturated rings. The van der Waals surface area contributed by atoms with Gasteiger partial charge < -0.3 is 15.4 Å². The number of hydrogen-bond donors (Lipinski definition) is 2. The van der Waals surface area contributed by atoms with Crippen molar-refractivity contribution in [3.63, 3.8) is 0 Å². The maximum absolute atomic E-state index is 13.1. The Morgan fingerprint density at radius 1 is 1.15 bits per heavy atom. The normalized spacial score (nSPS) is 15.7. The lowest BCUT2D eigenvalue weighted by Crippen LogP contribution is -2.45. The van der Waals surface area contributed by atoms with Crippen LogP contribution in [0.4, 0.5) is 9.18 Å². The maximum atomic E-state index is 13.1. The monoisotopic (exact) mass is 364 g/mol. The first-order chi connectivity index (χ1) is 12.2. The van der Waals surface area contributed by atoms with Gasteiger partial charge in [0.15, 0.2) is 0 Å². The second-order valence-corrected chi connectivity index (χ2v) is 7.95. The van der Waals surface area contributed by atoms with Crippen LogP contribution in [0.15, 0.2) is 24.3 Å². The third kappa shape index (κ3) is 6.00. The molecular formula is C20H29FN2O3. The van der Waals surface area contributed by atoms with Crippen LogP contribution < -0.4 is 10.6 Å². The summed E-state index contributed by atoms with van der Waals surface area (Å²) >= 11 is 0. The highest BCUT2D eigenvalue weighted by Gasteiger charge is 2.38. The Bertz CT molecular complexity index is 619. The lowest BCUT2D eigenvalue weighted by molar-refractivity contribution is -0.121. The summed E-state index contributed by atoms with van der Waals surface area (Å²) < 4.78 is 18.3. The largest absolute Gasteiger partial charge is 0.444 e. The molecule has 1 aliphatic rings. The predicted molar refractivity (Wildman–Crippen MR) is 98.4 cm³/mol. The Morgan fingerprint density at radius 2 is 1.81 bits per heavy atom. The Balaban J connectivity index is 1.69. The van der Waals surface area contributed by atoms with E-state index in [4.69, 9.17) is 4.74 Å². The van der Waals surface area contributed by atoms with Gasteiger partial charge in [0.1, 0.15) is 11.4 Å². The van der Waals surface area contributed by atoms with E-state index in [0.29, 0.717) is 25.9 Å². The number of nitrogens with one attached hydrogen (secondary N) is 2. The lowest BCUT2D eigenvalue weighted by atomic mass is 9.64. The van der Waals surface area contributed by atoms with Gasteiger partial charge in [0.2, 0.25) is 5.91 Å². The van der Waals surface area contributed by atoms with E-state index in [1.807, 2.05) is 12.1 Å². The predicted octanol–water partition coefficient (Wildman–Crippen LogP) is 3.67. The zero-order chi connectivity index (χ0) is 19.2. The molecule has 0 aromatic heterocycles. The zero-order valence-corrected chi connectivity index (χ0v) is 15.9. The van der Waals surface area contributed by atoms with E-state index in [1.54, 1.807) is 20.8 Å². The minimum atomic E-state index is -0.529. The number of alkyl carbamates (subject to hydrolysis) is 1. The van der Waals surface area contributed by atoms with Crippen LogP contribution in [-0.4, -0.2) is 30.7 Å². The standard InChI is InChI=1S/C20H29FN2O3/c1-19(2,3)26-18(25)22-13-4-6-17(24)23-14-20(11-5-12-20)15-7-9-16(21)10-8-15/h7-10H,4-6,11-14H2,1-3H3,(H,22,25)(H,23,24). The van der Waals surface area contributed by atoms with Gasteiger partial charge in [0, 0.05) is 24.9 Å². The second-order valence-electron chi connectivity index (χ2n) is 7.95. The maximum Gasteiger partial charge on any atom is 0.407 e. The minimum Gasteiger partial charge on any atom is -0.444 e. The molecular weight excluding hydrogens is 335 g/mol. The van der Waals surface area contributed by atoms with Crippen molar-refractivity contribution < 1.29 is 18.7 Å². The lowest BCUT2D eigenvalue weighted by Gasteiger charge is -2.42. The zero-order valence-electron chi connectivity index (χ0n) is 15.9. The van der Waals surface area contributed by atoms with Gasteiger partial charge in [-0.15, -0.1) is 0 Å². The van der Waals surface area contributed by atoms with Gasteiger partial charge in [-0.05, 0) is 57.7 Å². The number of carbonyl (C=O) groups excluding carboxylic acids is 2. The van der Waals surface area contributed by atoms with Gasteiger partial charge >= 0.3 is 6.09 Å². The number of rotatable bonds is 7. The van der Waals surface area contributed by atoms with E-state index in [-0.39, 0.29) is 17.1 Å². The highest BCUT2D eigenvalue weighted by atomic mass is 19.1. The smallest absolute Gasteiger partial charge is 0.407 e. The fourth-order valence-electron chi connectivity index (χ4n) is 3.08. The molecule has 26 heavy (non-hydrogen) atoms. The molecule has 0 bridgehead atoms. The van der Waals surface area contributed by atoms with Crippen molar-refractivity contribution in [3.05, 3.63) is 35.6 Å². The van der Waals surface area contributed by atoms with E-state index in [2.05, 4.69) is 10.6 Å². The topological polar surface area (TPSA) is 67.4 Å². The van der Waals surface area contributed by atoms with Crippen LogP contribution in [0, 0.1) is 5.82 Å². The van der Waals surface area contributed by atoms with Crippen LogP contribution in [-0.2, 0) is 14.9 Å². The Hall–Kier alpha value is -2.11. The summed E-state index contributed by atoms with van der Waals surface area (Å²) in [6.45, 7) is 6.37. The molecule has 0 spiro atoms. The number of amides is 2. The first-order valence-electron chi connectivity index (χ1n) is 9.20. The van der Waals surface area contributed by atoms with Gasteiger partial charge in [-0.25, -0.2) is 9.18 Å². The van der Waals surface area contributed by atoms with Crippen molar-refractivity contribution in [1.82, 2.24) is 10.6 Å². The summed E-state index contributed by atoms with van der Waals surface area (Å²) in [6.07, 6.45) is 3.54. The highest BCUT2D eigenvalue weighted by molar-refractivity contribution is 5.76. The Morgan fingerprint density at radius 3 is 2.35 bits per heavy atom. The van der Waals surface area contributed by atoms with Gasteiger partial charge in [0.25, 0.3) is 0 Å². The quantitative estimate of drug-likeness (QED) is 0.726. The number of ether oxygens (including phenoxy) is 1. The van der Waals surface area contributed by atoms with Crippen molar-refractivity contribution in [2.24, 2.45) is 0 Å². The van der Waals surface area contributed by atoms with Crippen molar-refractivity contribution >= 4 is 12.0 Å². The van der Waals surface area contributed by atoms with Crippen molar-refractivity contribution in [2.75, 3.05) is 13.1 Å². The molecule has 1 aromatic carbocycles. The number of halogens is 1. The van der Waals surface area contributed by atoms with Crippen LogP contribution in [0.1, 0.15) is 58.4 Å². The SMILES string of the molecule is CC(C)(C)OC(=O)NCCCC(=O)NCC1(c2ccc(F)cc2)CCC1. The van der Waals surface area contributed by atoms with E-state index in [0.717, 1.165) is 24.8 Å². The molecule has 0 saturated heterocycles. The fourth-order valence-corrected chi connectivity index (χ4v) is 3.08. The van der Waals surface area contributed by atoms with Crippen molar-refractivity contribution in [3.8, 4) is 0 Å². The molecule has 6 heteroatoms. The van der Waals surface area contributed by atoms with Gasteiger partial charge in [0.05, 0.1) is 0 Å². The molecule has 0 radical (unpaired) electrons. The van der Waals surface area contributed by atoms with E-state index in [1.165, 1.54) is 12.1 Å². The molecule has 1 aliphatic carbocycles. The number of hydrogen-bond acceptors (Lipinski definition) is 3. The van der Waals surface area contributed by atoms with Gasteiger partial charge in [-0.2, -0.15) is 0 Å². The van der Waals surface area contributed by atoms with Crippen LogP contribution in [0.25, 0.3) is 0 Å².